The molecule has 1 heterocycles. The van der Waals surface area contributed by atoms with E-state index >= 15 is 19.2 Å². The summed E-state index contributed by atoms with van der Waals surface area (Å²) in [5.74, 6) is -24.7. The third-order valence-corrected chi connectivity index (χ3v) is 15.0. The maximum absolute atomic E-state index is 16.0. The van der Waals surface area contributed by atoms with Gasteiger partial charge in [-0.25, -0.2) is 14.4 Å². The molecule has 0 aromatic heterocycles. The molecule has 100 heavy (non-hydrogen) atoms. The molecule has 2 rings (SSSR count). The smallest absolute Gasteiger partial charge is 0.453 e. The van der Waals surface area contributed by atoms with Crippen LogP contribution in [0.15, 0.2) is 30.3 Å². The van der Waals surface area contributed by atoms with Crippen LogP contribution in [-0.2, 0) is 76.5 Å². The van der Waals surface area contributed by atoms with Gasteiger partial charge in [-0.3, -0.25) is 63.0 Å². The number of halogens is 3. The second-order valence-corrected chi connectivity index (χ2v) is 26.0. The topological polar surface area (TPSA) is 553 Å². The number of alkyl carbamates (subject to hydrolysis) is 1. The molecule has 0 aliphatic carbocycles. The van der Waals surface area contributed by atoms with E-state index in [1.54, 1.807) is 34.6 Å². The fourth-order valence-electron chi connectivity index (χ4n) is 9.81. The largest absolute Gasteiger partial charge is 0.490 e. The highest BCUT2D eigenvalue weighted by atomic mass is 19.4. The first-order valence-corrected chi connectivity index (χ1v) is 32.2. The number of aliphatic hydroxyl groups excluding tert-OH is 3. The number of carbonyl (C=O) groups excluding carboxylic acids is 14. The number of esters is 2. The fourth-order valence-corrected chi connectivity index (χ4v) is 9.81. The SMILES string of the molecule is CC[C@H](C)[C@@H]1NC(=O)[C@@H](CCCNC(=N)N)NC(=O)[C@H](CC(C)C)NC(=O)[C@H]([C@H](OC(=O)C(F)(F)F)C(C)C)NC(=O)[C@@H](N(C(=O)CCNC(=O)OC(C)(C)C)C(=O)[C@@H](N)CC(C)C)[C@@H](c2ccccc2)OC(=O)[C@H](CO)NC(=O)[C@H]([C@H](O)C(N)=O)NC(=O)CNC(=O)[C@H]([C@H](C)O)NC1=O. The van der Waals surface area contributed by atoms with E-state index in [4.69, 9.17) is 36.8 Å². The molecule has 0 bridgehead atoms. The van der Waals surface area contributed by atoms with E-state index < -0.39 is 236 Å². The number of nitrogens with two attached hydrogens (primary N) is 3. The molecular formula is C62H98F3N15O20. The van der Waals surface area contributed by atoms with E-state index in [-0.39, 0.29) is 42.7 Å². The van der Waals surface area contributed by atoms with Gasteiger partial charge >= 0.3 is 24.2 Å². The standard InChI is InChI=1S/C62H98F3N15O20/c1-13-31(8)40-52(90)78-41(32(9)82)51(89)72-26-38(83)76-42(45(85)48(67)86)53(91)75-37(27-81)57(95)98-47(33-18-15-14-16-19-33)44(80(56(94)34(66)24-28(2)3)39(84)21-23-71-60(97)100-61(10,11)12)55(93)79-43(46(30(6)7)99-58(96)62(63,64)65)54(92)74-36(25-29(4)5)50(88)73-35(49(87)77-40)20-17-22-70-59(68)69/h14-16,18-19,28-32,34-37,40-47,81-82,85H,13,17,20-27,66H2,1-12H3,(H2,67,86)(H,71,97)(H,72,89)(H,73,88)(H,74,92)(H,75,91)(H,76,83)(H,77,87)(H,78,90)(H,79,93)(H4,68,69,70)/t31-,32-,34-,35+,36-,37-,40-,41-,42-,43-,44-,45-,46+,47+/m0/s1. The number of hydrogen-bond donors (Lipinski definition) is 17. The average molecular weight is 1430 g/mol. The number of carbonyl (C=O) groups is 14. The van der Waals surface area contributed by atoms with Crippen LogP contribution in [0.4, 0.5) is 18.0 Å². The molecule has 1 fully saturated rings. The number of nitrogens with zero attached hydrogens (tertiary/aromatic N) is 1. The Balaban J connectivity index is 3.42. The van der Waals surface area contributed by atoms with Crippen LogP contribution in [0.5, 0.6) is 0 Å². The molecule has 1 aliphatic heterocycles. The van der Waals surface area contributed by atoms with Crippen LogP contribution in [-0.4, -0.2) is 220 Å². The van der Waals surface area contributed by atoms with Crippen LogP contribution in [0.2, 0.25) is 0 Å². The molecule has 0 radical (unpaired) electrons. The monoisotopic (exact) mass is 1430 g/mol. The van der Waals surface area contributed by atoms with Crippen LogP contribution >= 0.6 is 0 Å². The van der Waals surface area contributed by atoms with Crippen LogP contribution in [0.25, 0.3) is 0 Å². The van der Waals surface area contributed by atoms with Gasteiger partial charge in [-0.2, -0.15) is 13.2 Å². The molecule has 562 valence electrons. The van der Waals surface area contributed by atoms with Crippen molar-refractivity contribution in [1.29, 1.82) is 5.41 Å². The van der Waals surface area contributed by atoms with E-state index in [9.17, 15) is 76.4 Å². The molecule has 1 aromatic rings. The Labute approximate surface area is 575 Å². The van der Waals surface area contributed by atoms with E-state index in [1.165, 1.54) is 45.9 Å². The van der Waals surface area contributed by atoms with Crippen molar-refractivity contribution in [3.8, 4) is 0 Å². The number of ether oxygens (including phenoxy) is 3. The lowest BCUT2D eigenvalue weighted by atomic mass is 9.94. The van der Waals surface area contributed by atoms with Gasteiger partial charge in [0.25, 0.3) is 0 Å². The van der Waals surface area contributed by atoms with Crippen molar-refractivity contribution in [3.63, 3.8) is 0 Å². The lowest BCUT2D eigenvalue weighted by molar-refractivity contribution is -0.208. The highest BCUT2D eigenvalue weighted by Gasteiger charge is 2.50. The molecule has 0 spiro atoms. The summed E-state index contributed by atoms with van der Waals surface area (Å²) in [7, 11) is 0. The number of aliphatic hydroxyl groups is 3. The van der Waals surface area contributed by atoms with Crippen molar-refractivity contribution >= 4 is 89.0 Å². The Morgan fingerprint density at radius 2 is 1.26 bits per heavy atom. The van der Waals surface area contributed by atoms with Crippen LogP contribution in [0, 0.1) is 29.1 Å². The number of imide groups is 1. The number of cyclic esters (lactones) is 1. The molecular weight excluding hydrogens is 1330 g/mol. The number of rotatable bonds is 23. The number of benzene rings is 1. The maximum Gasteiger partial charge on any atom is 0.490 e. The van der Waals surface area contributed by atoms with E-state index in [1.807, 2.05) is 10.6 Å². The first-order valence-electron chi connectivity index (χ1n) is 32.2. The second kappa shape index (κ2) is 40.1. The van der Waals surface area contributed by atoms with Crippen LogP contribution < -0.4 is 70.4 Å². The van der Waals surface area contributed by atoms with Crippen LogP contribution in [0.1, 0.15) is 133 Å². The fraction of sp³-hybridized carbons (Fsp3) is 0.661. The predicted octanol–water partition coefficient (Wildman–Crippen LogP) is -3.49. The molecule has 20 N–H and O–H groups in total. The Morgan fingerprint density at radius 1 is 0.710 bits per heavy atom. The average Bonchev–Trinajstić information content (AvgIpc) is 0.781. The van der Waals surface area contributed by atoms with Crippen molar-refractivity contribution < 1.29 is 110 Å². The number of hydrogen-bond acceptors (Lipinski definition) is 22. The molecule has 0 unspecified atom stereocenters. The highest BCUT2D eigenvalue weighted by Crippen LogP contribution is 2.30. The van der Waals surface area contributed by atoms with Crippen molar-refractivity contribution in [3.05, 3.63) is 35.9 Å². The first kappa shape index (κ1) is 86.8. The first-order chi connectivity index (χ1) is 46.4. The molecule has 38 heteroatoms. The van der Waals surface area contributed by atoms with E-state index in [0.29, 0.717) is 0 Å². The summed E-state index contributed by atoms with van der Waals surface area (Å²) >= 11 is 0. The Kier molecular flexibility index (Phi) is 34.8. The molecule has 14 atom stereocenters. The van der Waals surface area contributed by atoms with Gasteiger partial charge in [0.2, 0.25) is 65.0 Å². The molecule has 0 saturated carbocycles. The maximum atomic E-state index is 16.0. The van der Waals surface area contributed by atoms with E-state index in [2.05, 4.69) is 42.5 Å². The molecule has 35 nitrogen and oxygen atoms in total. The summed E-state index contributed by atoms with van der Waals surface area (Å²) in [4.78, 5) is 200. The summed E-state index contributed by atoms with van der Waals surface area (Å²) in [6.07, 6.45) is -18.4. The van der Waals surface area contributed by atoms with E-state index in [0.717, 1.165) is 32.9 Å². The van der Waals surface area contributed by atoms with Gasteiger partial charge < -0.3 is 99.9 Å². The van der Waals surface area contributed by atoms with Crippen molar-refractivity contribution in [1.82, 2.24) is 58.1 Å². The Bertz CT molecular complexity index is 3050. The number of guanidine groups is 1. The number of primary amides is 1. The zero-order valence-corrected chi connectivity index (χ0v) is 57.9. The van der Waals surface area contributed by atoms with Gasteiger partial charge in [-0.15, -0.1) is 0 Å². The predicted molar refractivity (Wildman–Crippen MR) is 347 cm³/mol. The summed E-state index contributed by atoms with van der Waals surface area (Å²) in [5, 5.41) is 62.7. The van der Waals surface area contributed by atoms with Gasteiger partial charge in [0.1, 0.15) is 48.0 Å². The molecule has 1 aromatic carbocycles. The van der Waals surface area contributed by atoms with Gasteiger partial charge in [0, 0.05) is 19.5 Å². The highest BCUT2D eigenvalue weighted by molar-refractivity contribution is 6.04. The van der Waals surface area contributed by atoms with Gasteiger partial charge in [-0.1, -0.05) is 92.1 Å². The summed E-state index contributed by atoms with van der Waals surface area (Å²) in [6.45, 7) is 13.6. The summed E-state index contributed by atoms with van der Waals surface area (Å²) in [5.41, 5.74) is 15.8. The van der Waals surface area contributed by atoms with Gasteiger partial charge in [0.15, 0.2) is 30.3 Å². The van der Waals surface area contributed by atoms with Gasteiger partial charge in [-0.05, 0) is 82.6 Å². The third-order valence-electron chi connectivity index (χ3n) is 15.0. The minimum atomic E-state index is -5.82. The van der Waals surface area contributed by atoms with Crippen LogP contribution in [0.3, 0.4) is 0 Å². The number of nitrogens with one attached hydrogen (secondary N) is 11. The normalized spacial score (nSPS) is 23.3. The second-order valence-electron chi connectivity index (χ2n) is 26.0. The van der Waals surface area contributed by atoms with Gasteiger partial charge in [0.05, 0.1) is 25.3 Å². The lowest BCUT2D eigenvalue weighted by Gasteiger charge is -2.38. The Morgan fingerprint density at radius 3 is 1.78 bits per heavy atom. The van der Waals surface area contributed by atoms with Crippen molar-refractivity contribution in [2.45, 2.75) is 212 Å². The van der Waals surface area contributed by atoms with Crippen molar-refractivity contribution in [2.24, 2.45) is 40.9 Å². The number of alkyl halides is 3. The summed E-state index contributed by atoms with van der Waals surface area (Å²) < 4.78 is 59.3. The third kappa shape index (κ3) is 28.1. The quantitative estimate of drug-likeness (QED) is 0.0166. The zero-order valence-electron chi connectivity index (χ0n) is 57.9. The Hall–Kier alpha value is -9.30. The number of amides is 12. The minimum Gasteiger partial charge on any atom is -0.453 e. The molecule has 1 saturated heterocycles. The molecule has 1 aliphatic rings. The minimum absolute atomic E-state index is 0.0788. The summed E-state index contributed by atoms with van der Waals surface area (Å²) in [6, 6.07) is -13.3. The lowest BCUT2D eigenvalue weighted by Crippen LogP contribution is -2.65. The zero-order chi connectivity index (χ0) is 76.4. The molecule has 12 amide bonds. The van der Waals surface area contributed by atoms with Crippen molar-refractivity contribution in [2.75, 3.05) is 26.2 Å².